The fraction of sp³-hybridized carbons (Fsp3) is 0.200. The van der Waals surface area contributed by atoms with Gasteiger partial charge in [0.25, 0.3) is 0 Å². The van der Waals surface area contributed by atoms with Crippen LogP contribution >= 0.6 is 34.9 Å². The SMILES string of the molecule is CSC(=Nc1nc2ccc(F)cc2s1)SC. The van der Waals surface area contributed by atoms with Crippen LogP contribution in [0.25, 0.3) is 10.2 Å². The molecule has 1 aromatic heterocycles. The smallest absolute Gasteiger partial charge is 0.211 e. The predicted octanol–water partition coefficient (Wildman–Crippen LogP) is 4.15. The van der Waals surface area contributed by atoms with E-state index in [1.54, 1.807) is 29.6 Å². The summed E-state index contributed by atoms with van der Waals surface area (Å²) in [4.78, 5) is 8.72. The minimum absolute atomic E-state index is 0.235. The molecule has 6 heteroatoms. The van der Waals surface area contributed by atoms with Crippen LogP contribution in [0.2, 0.25) is 0 Å². The second kappa shape index (κ2) is 5.16. The van der Waals surface area contributed by atoms with Gasteiger partial charge in [0.1, 0.15) is 10.2 Å². The van der Waals surface area contributed by atoms with Gasteiger partial charge in [-0.05, 0) is 30.7 Å². The summed E-state index contributed by atoms with van der Waals surface area (Å²) in [6.07, 6.45) is 3.95. The summed E-state index contributed by atoms with van der Waals surface area (Å²) in [6.45, 7) is 0. The Morgan fingerprint density at radius 3 is 2.81 bits per heavy atom. The van der Waals surface area contributed by atoms with Crippen molar-refractivity contribution in [2.24, 2.45) is 4.99 Å². The van der Waals surface area contributed by atoms with Crippen LogP contribution in [0.4, 0.5) is 9.52 Å². The van der Waals surface area contributed by atoms with Crippen molar-refractivity contribution in [2.45, 2.75) is 0 Å². The number of hydrogen-bond acceptors (Lipinski definition) is 5. The van der Waals surface area contributed by atoms with Crippen LogP contribution in [0, 0.1) is 5.82 Å². The molecule has 16 heavy (non-hydrogen) atoms. The summed E-state index contributed by atoms with van der Waals surface area (Å²) in [6, 6.07) is 4.58. The number of fused-ring (bicyclic) bond motifs is 1. The highest BCUT2D eigenvalue weighted by atomic mass is 32.2. The first kappa shape index (κ1) is 11.9. The number of thiazole rings is 1. The number of hydrogen-bond donors (Lipinski definition) is 0. The van der Waals surface area contributed by atoms with E-state index in [2.05, 4.69) is 9.98 Å². The van der Waals surface area contributed by atoms with Crippen LogP contribution in [0.3, 0.4) is 0 Å². The van der Waals surface area contributed by atoms with Crippen molar-refractivity contribution >= 4 is 54.6 Å². The van der Waals surface area contributed by atoms with Gasteiger partial charge >= 0.3 is 0 Å². The third-order valence-corrected chi connectivity index (χ3v) is 4.67. The average molecular weight is 272 g/mol. The van der Waals surface area contributed by atoms with Crippen LogP contribution in [-0.2, 0) is 0 Å². The number of rotatable bonds is 1. The molecule has 2 rings (SSSR count). The van der Waals surface area contributed by atoms with Gasteiger partial charge in [-0.2, -0.15) is 0 Å². The lowest BCUT2D eigenvalue weighted by Gasteiger charge is -1.93. The average Bonchev–Trinajstić information content (AvgIpc) is 2.67. The molecule has 0 bridgehead atoms. The Morgan fingerprint density at radius 2 is 2.12 bits per heavy atom. The number of aliphatic imine (C=N–C) groups is 1. The lowest BCUT2D eigenvalue weighted by Crippen LogP contribution is -1.79. The Balaban J connectivity index is 2.43. The maximum absolute atomic E-state index is 13.0. The first-order chi connectivity index (χ1) is 7.72. The molecule has 0 atom stereocenters. The van der Waals surface area contributed by atoms with Gasteiger partial charge in [0, 0.05) is 0 Å². The highest BCUT2D eigenvalue weighted by molar-refractivity contribution is 8.38. The predicted molar refractivity (Wildman–Crippen MR) is 73.7 cm³/mol. The molecular formula is C10H9FN2S3. The topological polar surface area (TPSA) is 25.2 Å². The number of aromatic nitrogens is 1. The van der Waals surface area contributed by atoms with Crippen molar-refractivity contribution in [1.29, 1.82) is 0 Å². The van der Waals surface area contributed by atoms with Crippen molar-refractivity contribution in [1.82, 2.24) is 4.98 Å². The quantitative estimate of drug-likeness (QED) is 0.576. The molecule has 0 radical (unpaired) electrons. The van der Waals surface area contributed by atoms with Gasteiger partial charge in [-0.1, -0.05) is 11.3 Å². The summed E-state index contributed by atoms with van der Waals surface area (Å²) in [7, 11) is 0. The van der Waals surface area contributed by atoms with E-state index in [4.69, 9.17) is 0 Å². The van der Waals surface area contributed by atoms with Crippen molar-refractivity contribution in [3.63, 3.8) is 0 Å². The fourth-order valence-electron chi connectivity index (χ4n) is 1.19. The van der Waals surface area contributed by atoms with Crippen molar-refractivity contribution in [3.8, 4) is 0 Å². The molecule has 0 saturated heterocycles. The molecule has 0 unspecified atom stereocenters. The second-order valence-corrected chi connectivity index (χ2v) is 5.75. The first-order valence-corrected chi connectivity index (χ1v) is 7.72. The van der Waals surface area contributed by atoms with E-state index in [9.17, 15) is 4.39 Å². The lowest BCUT2D eigenvalue weighted by atomic mass is 10.3. The highest BCUT2D eigenvalue weighted by Gasteiger charge is 2.04. The van der Waals surface area contributed by atoms with E-state index in [0.29, 0.717) is 5.13 Å². The van der Waals surface area contributed by atoms with E-state index >= 15 is 0 Å². The van der Waals surface area contributed by atoms with E-state index < -0.39 is 0 Å². The zero-order valence-electron chi connectivity index (χ0n) is 8.73. The molecule has 0 saturated carbocycles. The largest absolute Gasteiger partial charge is 0.218 e. The molecule has 1 heterocycles. The standard InChI is InChI=1S/C10H9FN2S3/c1-14-10(15-2)13-9-12-7-4-3-6(11)5-8(7)16-9/h3-5H,1-2H3. The normalized spacial score (nSPS) is 10.7. The molecule has 0 aliphatic heterocycles. The molecule has 0 aliphatic carbocycles. The molecule has 1 aromatic carbocycles. The van der Waals surface area contributed by atoms with Gasteiger partial charge in [0.2, 0.25) is 5.13 Å². The minimum Gasteiger partial charge on any atom is -0.218 e. The summed E-state index contributed by atoms with van der Waals surface area (Å²) in [5.74, 6) is -0.235. The highest BCUT2D eigenvalue weighted by Crippen LogP contribution is 2.30. The Labute approximate surface area is 105 Å². The summed E-state index contributed by atoms with van der Waals surface area (Å²) < 4.78 is 14.8. The zero-order valence-corrected chi connectivity index (χ0v) is 11.2. The van der Waals surface area contributed by atoms with Gasteiger partial charge in [-0.3, -0.25) is 0 Å². The Hall–Kier alpha value is -0.590. The van der Waals surface area contributed by atoms with Crippen molar-refractivity contribution in [2.75, 3.05) is 12.5 Å². The first-order valence-electron chi connectivity index (χ1n) is 4.45. The zero-order chi connectivity index (χ0) is 11.5. The van der Waals surface area contributed by atoms with Crippen LogP contribution in [-0.4, -0.2) is 21.9 Å². The van der Waals surface area contributed by atoms with Gasteiger partial charge in [0.05, 0.1) is 10.2 Å². The molecule has 84 valence electrons. The van der Waals surface area contributed by atoms with Gasteiger partial charge in [0.15, 0.2) is 0 Å². The maximum atomic E-state index is 13.0. The van der Waals surface area contributed by atoms with E-state index in [1.807, 2.05) is 12.5 Å². The monoisotopic (exact) mass is 272 g/mol. The summed E-state index contributed by atoms with van der Waals surface area (Å²) in [5, 5.41) is 0.680. The van der Waals surface area contributed by atoms with Crippen LogP contribution < -0.4 is 0 Å². The van der Waals surface area contributed by atoms with Gasteiger partial charge in [-0.15, -0.1) is 23.5 Å². The molecule has 0 spiro atoms. The van der Waals surface area contributed by atoms with E-state index in [1.165, 1.54) is 23.5 Å². The van der Waals surface area contributed by atoms with Crippen molar-refractivity contribution < 1.29 is 4.39 Å². The minimum atomic E-state index is -0.235. The third-order valence-electron chi connectivity index (χ3n) is 1.88. The molecule has 0 aliphatic rings. The fourth-order valence-corrected chi connectivity index (χ4v) is 3.19. The molecule has 0 fully saturated rings. The number of benzene rings is 1. The van der Waals surface area contributed by atoms with E-state index in [-0.39, 0.29) is 5.82 Å². The third kappa shape index (κ3) is 2.56. The maximum Gasteiger partial charge on any atom is 0.211 e. The van der Waals surface area contributed by atoms with Crippen LogP contribution in [0.15, 0.2) is 23.2 Å². The second-order valence-electron chi connectivity index (χ2n) is 2.89. The summed E-state index contributed by atoms with van der Waals surface area (Å²) in [5.41, 5.74) is 0.798. The molecule has 0 amide bonds. The van der Waals surface area contributed by atoms with Crippen LogP contribution in [0.5, 0.6) is 0 Å². The van der Waals surface area contributed by atoms with E-state index in [0.717, 1.165) is 14.6 Å². The number of halogens is 1. The molecular weight excluding hydrogens is 263 g/mol. The Morgan fingerprint density at radius 1 is 1.38 bits per heavy atom. The van der Waals surface area contributed by atoms with Gasteiger partial charge in [-0.25, -0.2) is 14.4 Å². The molecule has 2 nitrogen and oxygen atoms in total. The lowest BCUT2D eigenvalue weighted by molar-refractivity contribution is 0.630. The Bertz CT molecular complexity index is 530. The number of nitrogens with zero attached hydrogens (tertiary/aromatic N) is 2. The van der Waals surface area contributed by atoms with Crippen molar-refractivity contribution in [3.05, 3.63) is 24.0 Å². The van der Waals surface area contributed by atoms with Crippen LogP contribution in [0.1, 0.15) is 0 Å². The van der Waals surface area contributed by atoms with Gasteiger partial charge < -0.3 is 0 Å². The number of thioether (sulfide) groups is 2. The molecule has 2 aromatic rings. The summed E-state index contributed by atoms with van der Waals surface area (Å²) >= 11 is 4.57. The Kier molecular flexibility index (Phi) is 3.83. The molecule has 0 N–H and O–H groups in total.